The number of benzene rings is 1. The van der Waals surface area contributed by atoms with E-state index in [1.165, 1.54) is 10.4 Å². The second-order valence-electron chi connectivity index (χ2n) is 7.48. The van der Waals surface area contributed by atoms with Crippen molar-refractivity contribution in [2.45, 2.75) is 51.6 Å². The van der Waals surface area contributed by atoms with Gasteiger partial charge >= 0.3 is 0 Å². The first-order valence-corrected chi connectivity index (χ1v) is 11.0. The van der Waals surface area contributed by atoms with Crippen molar-refractivity contribution in [3.05, 3.63) is 47.3 Å². The van der Waals surface area contributed by atoms with E-state index in [1.54, 1.807) is 11.3 Å². The summed E-state index contributed by atoms with van der Waals surface area (Å²) in [7, 11) is 0. The average Bonchev–Trinajstić information content (AvgIpc) is 3.13. The number of allylic oxidation sites excluding steroid dienone is 1. The van der Waals surface area contributed by atoms with Crippen molar-refractivity contribution in [2.24, 2.45) is 0 Å². The van der Waals surface area contributed by atoms with Crippen molar-refractivity contribution in [1.29, 1.82) is 0 Å². The van der Waals surface area contributed by atoms with Gasteiger partial charge in [0.15, 0.2) is 11.7 Å². The predicted molar refractivity (Wildman–Crippen MR) is 113 cm³/mol. The van der Waals surface area contributed by atoms with Crippen LogP contribution in [0.15, 0.2) is 42.3 Å². The number of hydrogen-bond acceptors (Lipinski definition) is 5. The molecule has 3 fully saturated rings. The lowest BCUT2D eigenvalue weighted by Gasteiger charge is -2.48. The van der Waals surface area contributed by atoms with E-state index in [1.807, 2.05) is 0 Å². The van der Waals surface area contributed by atoms with Crippen molar-refractivity contribution >= 4 is 17.2 Å². The Kier molecular flexibility index (Phi) is 5.50. The lowest BCUT2D eigenvalue weighted by molar-refractivity contribution is -0.0897. The summed E-state index contributed by atoms with van der Waals surface area (Å²) in [6, 6.07) is 10.5. The van der Waals surface area contributed by atoms with Gasteiger partial charge in [0.25, 0.3) is 0 Å². The van der Waals surface area contributed by atoms with E-state index in [-0.39, 0.29) is 5.60 Å². The molecule has 0 saturated carbocycles. The first kappa shape index (κ1) is 18.5. The first-order valence-electron chi connectivity index (χ1n) is 10.1. The van der Waals surface area contributed by atoms with Crippen molar-refractivity contribution in [3.8, 4) is 10.4 Å². The van der Waals surface area contributed by atoms with Gasteiger partial charge in [-0.15, -0.1) is 11.3 Å². The topological polar surface area (TPSA) is 37.4 Å². The van der Waals surface area contributed by atoms with Crippen LogP contribution < -0.4 is 5.32 Å². The molecule has 2 bridgehead atoms. The fourth-order valence-corrected chi connectivity index (χ4v) is 4.95. The quantitative estimate of drug-likeness (QED) is 0.659. The lowest BCUT2D eigenvalue weighted by atomic mass is 9.83. The summed E-state index contributed by atoms with van der Waals surface area (Å²) in [6.45, 7) is 7.79. The van der Waals surface area contributed by atoms with Crippen LogP contribution in [-0.4, -0.2) is 35.1 Å². The zero-order chi connectivity index (χ0) is 18.7. The normalized spacial score (nSPS) is 24.8. The highest BCUT2D eigenvalue weighted by Gasteiger charge is 2.41. The van der Waals surface area contributed by atoms with Crippen molar-refractivity contribution in [3.63, 3.8) is 0 Å². The number of fused-ring (bicyclic) bond motifs is 3. The molecule has 3 aliphatic heterocycles. The molecule has 5 heteroatoms. The van der Waals surface area contributed by atoms with Crippen LogP contribution in [0.1, 0.15) is 44.5 Å². The summed E-state index contributed by atoms with van der Waals surface area (Å²) in [5, 5.41) is 4.70. The van der Waals surface area contributed by atoms with Crippen LogP contribution in [0.4, 0.5) is 5.82 Å². The molecule has 2 aromatic rings. The molecule has 3 saturated heterocycles. The van der Waals surface area contributed by atoms with Gasteiger partial charge in [-0.05, 0) is 43.7 Å². The van der Waals surface area contributed by atoms with E-state index in [0.717, 1.165) is 68.4 Å². The fraction of sp³-hybridized carbons (Fsp3) is 0.500. The Morgan fingerprint density at radius 3 is 2.52 bits per heavy atom. The van der Waals surface area contributed by atoms with Crippen LogP contribution in [0.2, 0.25) is 0 Å². The third-order valence-electron chi connectivity index (χ3n) is 5.62. The van der Waals surface area contributed by atoms with Gasteiger partial charge in [-0.25, -0.2) is 4.98 Å². The van der Waals surface area contributed by atoms with Crippen LogP contribution in [0.25, 0.3) is 10.4 Å². The number of piperidine rings is 3. The van der Waals surface area contributed by atoms with E-state index in [9.17, 15) is 0 Å². The number of rotatable bonds is 7. The minimum Gasteiger partial charge on any atom is -0.472 e. The lowest BCUT2D eigenvalue weighted by Crippen LogP contribution is -2.53. The van der Waals surface area contributed by atoms with Crippen molar-refractivity contribution < 1.29 is 4.74 Å². The molecule has 0 aliphatic carbocycles. The molecular weight excluding hydrogens is 354 g/mol. The molecule has 5 rings (SSSR count). The maximum absolute atomic E-state index is 6.63. The molecule has 0 amide bonds. The van der Waals surface area contributed by atoms with Gasteiger partial charge in [-0.1, -0.05) is 44.2 Å². The van der Waals surface area contributed by atoms with E-state index in [2.05, 4.69) is 60.5 Å². The number of thiazole rings is 1. The van der Waals surface area contributed by atoms with E-state index in [4.69, 9.17) is 9.72 Å². The van der Waals surface area contributed by atoms with Crippen LogP contribution in [0.5, 0.6) is 0 Å². The summed E-state index contributed by atoms with van der Waals surface area (Å²) >= 11 is 1.77. The van der Waals surface area contributed by atoms with Gasteiger partial charge in [0.1, 0.15) is 5.60 Å². The molecule has 0 unspecified atom stereocenters. The van der Waals surface area contributed by atoms with E-state index >= 15 is 0 Å². The number of nitrogens with zero attached hydrogens (tertiary/aromatic N) is 2. The third kappa shape index (κ3) is 4.04. The summed E-state index contributed by atoms with van der Waals surface area (Å²) in [4.78, 5) is 8.59. The zero-order valence-electron chi connectivity index (χ0n) is 16.3. The van der Waals surface area contributed by atoms with Crippen molar-refractivity contribution in [2.75, 3.05) is 25.0 Å². The summed E-state index contributed by atoms with van der Waals surface area (Å²) in [5.41, 5.74) is 1.21. The number of ether oxygens (including phenoxy) is 1. The Morgan fingerprint density at radius 2 is 1.89 bits per heavy atom. The fourth-order valence-electron chi connectivity index (χ4n) is 3.99. The Morgan fingerprint density at radius 1 is 1.19 bits per heavy atom. The van der Waals surface area contributed by atoms with Gasteiger partial charge < -0.3 is 15.0 Å². The molecular formula is C22H29N3OS. The van der Waals surface area contributed by atoms with Crippen LogP contribution in [-0.2, 0) is 11.2 Å². The molecule has 27 heavy (non-hydrogen) atoms. The highest BCUT2D eigenvalue weighted by Crippen LogP contribution is 2.39. The molecule has 1 aromatic heterocycles. The van der Waals surface area contributed by atoms with Gasteiger partial charge in [0.05, 0.1) is 9.88 Å². The molecule has 0 radical (unpaired) electrons. The van der Waals surface area contributed by atoms with Crippen LogP contribution in [0.3, 0.4) is 0 Å². The molecule has 4 heterocycles. The second kappa shape index (κ2) is 8.03. The van der Waals surface area contributed by atoms with Gasteiger partial charge in [-0.3, -0.25) is 0 Å². The Bertz CT molecular complexity index is 777. The summed E-state index contributed by atoms with van der Waals surface area (Å²) in [6.07, 6.45) is 7.42. The summed E-state index contributed by atoms with van der Waals surface area (Å²) in [5.74, 6) is 1.80. The van der Waals surface area contributed by atoms with Gasteiger partial charge in [0, 0.05) is 19.6 Å². The molecule has 4 nitrogen and oxygen atoms in total. The number of aryl methyl sites for hydroxylation is 1. The number of aromatic nitrogens is 1. The SMILES string of the molecule is CC/C=C(\Nc1nc(CC)sc1-c1ccccc1)OC12CCN(CC1)CC2. The highest BCUT2D eigenvalue weighted by molar-refractivity contribution is 7.15. The molecule has 0 atom stereocenters. The highest BCUT2D eigenvalue weighted by atomic mass is 32.1. The maximum atomic E-state index is 6.63. The molecule has 144 valence electrons. The minimum absolute atomic E-state index is 0.000723. The van der Waals surface area contributed by atoms with E-state index in [0.29, 0.717) is 0 Å². The number of anilines is 1. The minimum atomic E-state index is -0.000723. The van der Waals surface area contributed by atoms with Crippen LogP contribution in [0, 0.1) is 0 Å². The molecule has 3 aliphatic rings. The largest absolute Gasteiger partial charge is 0.472 e. The smallest absolute Gasteiger partial charge is 0.188 e. The monoisotopic (exact) mass is 383 g/mol. The standard InChI is InChI=1S/C22H29N3OS/c1-3-8-18(26-22-11-14-25(15-12-22)16-13-22)23-21-20(27-19(4-2)24-21)17-9-6-5-7-10-17/h5-10,23H,3-4,11-16H2,1-2H3/b18-8+. The maximum Gasteiger partial charge on any atom is 0.188 e. The Hall–Kier alpha value is -1.85. The van der Waals surface area contributed by atoms with Gasteiger partial charge in [0.2, 0.25) is 0 Å². The second-order valence-corrected chi connectivity index (χ2v) is 8.57. The molecule has 1 aromatic carbocycles. The first-order chi connectivity index (χ1) is 13.2. The van der Waals surface area contributed by atoms with Gasteiger partial charge in [-0.2, -0.15) is 0 Å². The summed E-state index contributed by atoms with van der Waals surface area (Å²) < 4.78 is 6.63. The Balaban J connectivity index is 1.59. The molecule has 0 spiro atoms. The third-order valence-corrected chi connectivity index (χ3v) is 6.87. The zero-order valence-corrected chi connectivity index (χ0v) is 17.1. The average molecular weight is 384 g/mol. The molecule has 1 N–H and O–H groups in total. The van der Waals surface area contributed by atoms with E-state index < -0.39 is 0 Å². The number of hydrogen-bond donors (Lipinski definition) is 1. The van der Waals surface area contributed by atoms with Crippen LogP contribution >= 0.6 is 11.3 Å². The number of nitrogens with one attached hydrogen (secondary N) is 1. The van der Waals surface area contributed by atoms with Crippen molar-refractivity contribution in [1.82, 2.24) is 9.88 Å². The predicted octanol–water partition coefficient (Wildman–Crippen LogP) is 5.29. The Labute approximate surface area is 166 Å².